The average molecular weight is 426 g/mol. The molecule has 3 rings (SSSR count). The number of thiazole rings is 1. The molecule has 1 heterocycles. The van der Waals surface area contributed by atoms with E-state index < -0.39 is 0 Å². The number of nitrogens with zero attached hydrogens (tertiary/aromatic N) is 1. The number of benzene rings is 2. The van der Waals surface area contributed by atoms with Crippen LogP contribution in [0.3, 0.4) is 0 Å². The molecule has 3 aromatic rings. The van der Waals surface area contributed by atoms with Crippen molar-refractivity contribution in [2.45, 2.75) is 13.8 Å². The van der Waals surface area contributed by atoms with Gasteiger partial charge in [0.15, 0.2) is 17.3 Å². The SMILES string of the molecule is COc1cc(C(=O)c2cc(-c3cnc(C)s3)ccc2NC(C)=O)cc(OC)c1OC. The minimum Gasteiger partial charge on any atom is -0.493 e. The van der Waals surface area contributed by atoms with E-state index in [1.54, 1.807) is 30.5 Å². The highest BCUT2D eigenvalue weighted by Gasteiger charge is 2.21. The summed E-state index contributed by atoms with van der Waals surface area (Å²) in [5.74, 6) is 0.579. The lowest BCUT2D eigenvalue weighted by molar-refractivity contribution is -0.114. The Bertz CT molecular complexity index is 1080. The first-order chi connectivity index (χ1) is 14.4. The summed E-state index contributed by atoms with van der Waals surface area (Å²) in [6, 6.07) is 8.50. The van der Waals surface area contributed by atoms with E-state index in [4.69, 9.17) is 14.2 Å². The number of aromatic nitrogens is 1. The number of anilines is 1. The van der Waals surface area contributed by atoms with E-state index in [1.165, 1.54) is 39.6 Å². The number of hydrogen-bond donors (Lipinski definition) is 1. The Morgan fingerprint density at radius 3 is 2.17 bits per heavy atom. The number of carbonyl (C=O) groups is 2. The summed E-state index contributed by atoms with van der Waals surface area (Å²) in [5, 5.41) is 3.65. The molecule has 0 bridgehead atoms. The van der Waals surface area contributed by atoms with Crippen LogP contribution in [0.1, 0.15) is 27.9 Å². The van der Waals surface area contributed by atoms with Gasteiger partial charge in [-0.25, -0.2) is 4.98 Å². The van der Waals surface area contributed by atoms with Crippen molar-refractivity contribution >= 4 is 28.7 Å². The van der Waals surface area contributed by atoms with Gasteiger partial charge in [-0.15, -0.1) is 11.3 Å². The van der Waals surface area contributed by atoms with Crippen molar-refractivity contribution in [3.63, 3.8) is 0 Å². The van der Waals surface area contributed by atoms with E-state index in [0.717, 1.165) is 15.4 Å². The molecule has 0 unspecified atom stereocenters. The molecule has 1 N–H and O–H groups in total. The van der Waals surface area contributed by atoms with Crippen molar-refractivity contribution < 1.29 is 23.8 Å². The van der Waals surface area contributed by atoms with E-state index in [-0.39, 0.29) is 11.7 Å². The zero-order chi connectivity index (χ0) is 21.8. The average Bonchev–Trinajstić information content (AvgIpc) is 3.18. The number of rotatable bonds is 7. The van der Waals surface area contributed by atoms with Gasteiger partial charge in [0.25, 0.3) is 0 Å². The minimum absolute atomic E-state index is 0.268. The van der Waals surface area contributed by atoms with Gasteiger partial charge in [-0.1, -0.05) is 6.07 Å². The molecule has 30 heavy (non-hydrogen) atoms. The lowest BCUT2D eigenvalue weighted by atomic mass is 9.98. The molecule has 7 nitrogen and oxygen atoms in total. The smallest absolute Gasteiger partial charge is 0.221 e. The molecular weight excluding hydrogens is 404 g/mol. The van der Waals surface area contributed by atoms with E-state index >= 15 is 0 Å². The predicted molar refractivity (Wildman–Crippen MR) is 116 cm³/mol. The van der Waals surface area contributed by atoms with Gasteiger partial charge in [0, 0.05) is 24.2 Å². The van der Waals surface area contributed by atoms with Crippen LogP contribution < -0.4 is 19.5 Å². The summed E-state index contributed by atoms with van der Waals surface area (Å²) in [6.07, 6.45) is 1.76. The van der Waals surface area contributed by atoms with Crippen LogP contribution in [0.5, 0.6) is 17.2 Å². The largest absolute Gasteiger partial charge is 0.493 e. The van der Waals surface area contributed by atoms with Crippen LogP contribution in [0, 0.1) is 6.92 Å². The predicted octanol–water partition coefficient (Wildman–Crippen LogP) is 4.33. The lowest BCUT2D eigenvalue weighted by Gasteiger charge is -2.15. The normalized spacial score (nSPS) is 10.4. The zero-order valence-corrected chi connectivity index (χ0v) is 18.2. The summed E-state index contributed by atoms with van der Waals surface area (Å²) in [7, 11) is 4.47. The van der Waals surface area contributed by atoms with E-state index in [0.29, 0.717) is 34.1 Å². The van der Waals surface area contributed by atoms with Crippen LogP contribution in [0.4, 0.5) is 5.69 Å². The van der Waals surface area contributed by atoms with E-state index in [9.17, 15) is 9.59 Å². The quantitative estimate of drug-likeness (QED) is 0.566. The third kappa shape index (κ3) is 4.28. The number of hydrogen-bond acceptors (Lipinski definition) is 7. The number of aryl methyl sites for hydroxylation is 1. The van der Waals surface area contributed by atoms with Crippen LogP contribution >= 0.6 is 11.3 Å². The molecule has 0 aliphatic carbocycles. The molecular formula is C22H22N2O5S. The van der Waals surface area contributed by atoms with Gasteiger partial charge in [0.2, 0.25) is 11.7 Å². The lowest BCUT2D eigenvalue weighted by Crippen LogP contribution is -2.12. The summed E-state index contributed by atoms with van der Waals surface area (Å²) < 4.78 is 16.1. The molecule has 0 aliphatic heterocycles. The first-order valence-corrected chi connectivity index (χ1v) is 9.88. The molecule has 2 aromatic carbocycles. The molecule has 0 saturated heterocycles. The van der Waals surface area contributed by atoms with Gasteiger partial charge in [-0.2, -0.15) is 0 Å². The molecule has 1 amide bonds. The van der Waals surface area contributed by atoms with Gasteiger partial charge in [-0.3, -0.25) is 9.59 Å². The third-order valence-corrected chi connectivity index (χ3v) is 5.37. The minimum atomic E-state index is -0.291. The molecule has 0 spiro atoms. The van der Waals surface area contributed by atoms with Crippen molar-refractivity contribution in [1.29, 1.82) is 0 Å². The second-order valence-electron chi connectivity index (χ2n) is 6.43. The summed E-state index contributed by atoms with van der Waals surface area (Å²) in [5.41, 5.74) is 1.95. The van der Waals surface area contributed by atoms with Crippen molar-refractivity contribution in [2.24, 2.45) is 0 Å². The number of ketones is 1. The molecule has 8 heteroatoms. The first-order valence-electron chi connectivity index (χ1n) is 9.07. The van der Waals surface area contributed by atoms with Crippen LogP contribution in [0.2, 0.25) is 0 Å². The summed E-state index contributed by atoms with van der Waals surface area (Å²) >= 11 is 1.53. The highest BCUT2D eigenvalue weighted by atomic mass is 32.1. The van der Waals surface area contributed by atoms with Gasteiger partial charge in [0.05, 0.1) is 36.9 Å². The fourth-order valence-electron chi connectivity index (χ4n) is 3.05. The van der Waals surface area contributed by atoms with Crippen molar-refractivity contribution in [3.05, 3.63) is 52.7 Å². The fraction of sp³-hybridized carbons (Fsp3) is 0.227. The Hall–Kier alpha value is -3.39. The second kappa shape index (κ2) is 8.96. The Morgan fingerprint density at radius 2 is 1.67 bits per heavy atom. The van der Waals surface area contributed by atoms with Gasteiger partial charge in [0.1, 0.15) is 0 Å². The van der Waals surface area contributed by atoms with Crippen LogP contribution in [0.25, 0.3) is 10.4 Å². The van der Waals surface area contributed by atoms with Gasteiger partial charge < -0.3 is 19.5 Å². The maximum absolute atomic E-state index is 13.5. The van der Waals surface area contributed by atoms with Crippen LogP contribution in [0.15, 0.2) is 36.5 Å². The molecule has 1 aromatic heterocycles. The van der Waals surface area contributed by atoms with E-state index in [2.05, 4.69) is 10.3 Å². The Labute approximate surface area is 178 Å². The van der Waals surface area contributed by atoms with Gasteiger partial charge >= 0.3 is 0 Å². The molecule has 0 fully saturated rings. The zero-order valence-electron chi connectivity index (χ0n) is 17.4. The van der Waals surface area contributed by atoms with Crippen molar-refractivity contribution in [1.82, 2.24) is 4.98 Å². The third-order valence-electron chi connectivity index (χ3n) is 4.41. The Balaban J connectivity index is 2.14. The number of nitrogens with one attached hydrogen (secondary N) is 1. The Morgan fingerprint density at radius 1 is 1.00 bits per heavy atom. The van der Waals surface area contributed by atoms with Crippen LogP contribution in [-0.4, -0.2) is 38.0 Å². The number of carbonyl (C=O) groups excluding carboxylic acids is 2. The monoisotopic (exact) mass is 426 g/mol. The second-order valence-corrected chi connectivity index (χ2v) is 7.66. The summed E-state index contributed by atoms with van der Waals surface area (Å²) in [4.78, 5) is 30.3. The fourth-order valence-corrected chi connectivity index (χ4v) is 3.82. The molecule has 0 saturated carbocycles. The van der Waals surface area contributed by atoms with Crippen molar-refractivity contribution in [2.75, 3.05) is 26.6 Å². The number of amides is 1. The van der Waals surface area contributed by atoms with Gasteiger partial charge in [-0.05, 0) is 36.8 Å². The molecule has 0 atom stereocenters. The molecule has 0 radical (unpaired) electrons. The first kappa shape index (κ1) is 21.3. The standard InChI is InChI=1S/C22H22N2O5S/c1-12(25)24-17-7-6-14(20-11-23-13(2)30-20)8-16(17)21(26)15-9-18(27-3)22(29-5)19(10-15)28-4/h6-11H,1-5H3,(H,24,25). The number of ether oxygens (including phenoxy) is 3. The summed E-state index contributed by atoms with van der Waals surface area (Å²) in [6.45, 7) is 3.32. The maximum Gasteiger partial charge on any atom is 0.221 e. The number of methoxy groups -OCH3 is 3. The van der Waals surface area contributed by atoms with E-state index in [1.807, 2.05) is 13.0 Å². The highest BCUT2D eigenvalue weighted by molar-refractivity contribution is 7.15. The molecule has 0 aliphatic rings. The van der Waals surface area contributed by atoms with Crippen molar-refractivity contribution in [3.8, 4) is 27.7 Å². The highest BCUT2D eigenvalue weighted by Crippen LogP contribution is 2.39. The van der Waals surface area contributed by atoms with Crippen LogP contribution in [-0.2, 0) is 4.79 Å². The molecule has 156 valence electrons. The maximum atomic E-state index is 13.5. The topological polar surface area (TPSA) is 86.8 Å². The Kier molecular flexibility index (Phi) is 6.37.